The Labute approximate surface area is 199 Å². The van der Waals surface area contributed by atoms with Crippen molar-refractivity contribution in [2.75, 3.05) is 25.1 Å². The number of hydrogen-bond donors (Lipinski definition) is 1. The van der Waals surface area contributed by atoms with Crippen molar-refractivity contribution in [3.8, 4) is 5.75 Å². The third kappa shape index (κ3) is 6.07. The summed E-state index contributed by atoms with van der Waals surface area (Å²) in [7, 11) is 1.97. The van der Waals surface area contributed by atoms with Crippen LogP contribution in [0, 0.1) is 0 Å². The molecule has 8 heteroatoms. The van der Waals surface area contributed by atoms with Gasteiger partial charge in [0.15, 0.2) is 0 Å². The molecule has 0 bridgehead atoms. The van der Waals surface area contributed by atoms with Crippen molar-refractivity contribution < 1.29 is 14.3 Å². The number of nitrogens with one attached hydrogen (secondary N) is 1. The van der Waals surface area contributed by atoms with Crippen LogP contribution in [0.2, 0.25) is 0 Å². The topological polar surface area (TPSA) is 71.5 Å². The molecule has 0 aliphatic carbocycles. The molecule has 1 unspecified atom stereocenters. The van der Waals surface area contributed by atoms with Gasteiger partial charge in [0, 0.05) is 13.2 Å². The molecule has 1 N–H and O–H groups in total. The Bertz CT molecular complexity index is 743. The van der Waals surface area contributed by atoms with E-state index in [1.165, 1.54) is 0 Å². The van der Waals surface area contributed by atoms with Gasteiger partial charge in [-0.25, -0.2) is 4.98 Å². The predicted molar refractivity (Wildman–Crippen MR) is 105 cm³/mol. The van der Waals surface area contributed by atoms with Gasteiger partial charge in [0.05, 0.1) is 11.8 Å². The molecule has 0 radical (unpaired) electrons. The molecular weight excluding hydrogens is 377 g/mol. The number of ether oxygens (including phenoxy) is 1. The molecule has 0 saturated carbocycles. The molecule has 3 rings (SSSR count). The van der Waals surface area contributed by atoms with Crippen LogP contribution in [0.25, 0.3) is 0 Å². The molecule has 1 aromatic carbocycles. The molecular formula is C18H20KN3O3S. The maximum absolute atomic E-state index is 11.6. The van der Waals surface area contributed by atoms with Crippen LogP contribution in [-0.4, -0.2) is 93.0 Å². The van der Waals surface area contributed by atoms with Crippen molar-refractivity contribution in [2.24, 2.45) is 0 Å². The van der Waals surface area contributed by atoms with Crippen molar-refractivity contribution >= 4 is 80.1 Å². The molecule has 1 saturated heterocycles. The number of pyridine rings is 1. The Balaban J connectivity index is 0.00000243. The summed E-state index contributed by atoms with van der Waals surface area (Å²) in [6.07, 6.45) is 2.30. The second-order valence-corrected chi connectivity index (χ2v) is 6.86. The SMILES string of the molecule is CN(CCOc1ccc(CC2SC(=O)NC2=O)cc1)c1ccccn1.[KH]. The van der Waals surface area contributed by atoms with E-state index in [0.29, 0.717) is 13.0 Å². The molecule has 1 atom stereocenters. The van der Waals surface area contributed by atoms with E-state index in [0.717, 1.165) is 35.4 Å². The molecule has 1 aliphatic heterocycles. The number of likely N-dealkylation sites (N-methyl/N-ethyl adjacent to an activating group) is 1. The molecule has 1 aliphatic rings. The molecule has 26 heavy (non-hydrogen) atoms. The van der Waals surface area contributed by atoms with Crippen molar-refractivity contribution in [3.05, 3.63) is 54.2 Å². The van der Waals surface area contributed by atoms with E-state index in [2.05, 4.69) is 10.3 Å². The summed E-state index contributed by atoms with van der Waals surface area (Å²) >= 11 is 1.05. The van der Waals surface area contributed by atoms with Crippen molar-refractivity contribution in [1.29, 1.82) is 0 Å². The van der Waals surface area contributed by atoms with Crippen LogP contribution in [0.1, 0.15) is 5.56 Å². The molecule has 2 amide bonds. The maximum atomic E-state index is 11.6. The molecule has 6 nitrogen and oxygen atoms in total. The van der Waals surface area contributed by atoms with E-state index >= 15 is 0 Å². The van der Waals surface area contributed by atoms with E-state index in [9.17, 15) is 9.59 Å². The summed E-state index contributed by atoms with van der Waals surface area (Å²) in [6, 6.07) is 13.4. The van der Waals surface area contributed by atoms with Gasteiger partial charge in [-0.05, 0) is 36.2 Å². The molecule has 132 valence electrons. The van der Waals surface area contributed by atoms with Gasteiger partial charge in [0.25, 0.3) is 5.24 Å². The number of rotatable bonds is 7. The second kappa shape index (κ2) is 10.4. The fourth-order valence-corrected chi connectivity index (χ4v) is 3.32. The van der Waals surface area contributed by atoms with Gasteiger partial charge in [-0.15, -0.1) is 0 Å². The predicted octanol–water partition coefficient (Wildman–Crippen LogP) is 1.84. The van der Waals surface area contributed by atoms with Crippen LogP contribution >= 0.6 is 11.8 Å². The number of nitrogens with zero attached hydrogens (tertiary/aromatic N) is 2. The second-order valence-electron chi connectivity index (χ2n) is 5.69. The zero-order valence-corrected chi connectivity index (χ0v) is 14.7. The average molecular weight is 398 g/mol. The van der Waals surface area contributed by atoms with Gasteiger partial charge in [0.1, 0.15) is 18.2 Å². The molecule has 1 fully saturated rings. The summed E-state index contributed by atoms with van der Waals surface area (Å²) < 4.78 is 5.75. The minimum absolute atomic E-state index is 0. The Morgan fingerprint density at radius 3 is 2.58 bits per heavy atom. The summed E-state index contributed by atoms with van der Waals surface area (Å²) in [4.78, 5) is 29.1. The average Bonchev–Trinajstić information content (AvgIpc) is 2.94. The number of carbonyl (C=O) groups is 2. The summed E-state index contributed by atoms with van der Waals surface area (Å²) in [6.45, 7) is 1.27. The van der Waals surface area contributed by atoms with Gasteiger partial charge in [-0.3, -0.25) is 14.9 Å². The molecule has 2 aromatic rings. The monoisotopic (exact) mass is 397 g/mol. The molecule has 1 aromatic heterocycles. The fourth-order valence-electron chi connectivity index (χ4n) is 2.46. The zero-order chi connectivity index (χ0) is 17.6. The first-order valence-electron chi connectivity index (χ1n) is 7.97. The van der Waals surface area contributed by atoms with Crippen LogP contribution in [0.15, 0.2) is 48.7 Å². The van der Waals surface area contributed by atoms with Crippen LogP contribution in [0.5, 0.6) is 5.75 Å². The third-order valence-electron chi connectivity index (χ3n) is 3.85. The van der Waals surface area contributed by atoms with Crippen LogP contribution < -0.4 is 15.0 Å². The Morgan fingerprint density at radius 1 is 1.19 bits per heavy atom. The van der Waals surface area contributed by atoms with Crippen LogP contribution in [-0.2, 0) is 11.2 Å². The number of thioether (sulfide) groups is 1. The van der Waals surface area contributed by atoms with Gasteiger partial charge in [0.2, 0.25) is 5.91 Å². The van der Waals surface area contributed by atoms with E-state index in [1.54, 1.807) is 6.20 Å². The number of aromatic nitrogens is 1. The fraction of sp³-hybridized carbons (Fsp3) is 0.278. The van der Waals surface area contributed by atoms with E-state index in [1.807, 2.05) is 54.4 Å². The summed E-state index contributed by atoms with van der Waals surface area (Å²) in [5.41, 5.74) is 1.00. The first-order chi connectivity index (χ1) is 12.1. The van der Waals surface area contributed by atoms with Crippen molar-refractivity contribution in [1.82, 2.24) is 10.3 Å². The number of amides is 2. The number of imide groups is 1. The molecule has 2 heterocycles. The Kier molecular flexibility index (Phi) is 8.59. The van der Waals surface area contributed by atoms with Gasteiger partial charge >= 0.3 is 51.4 Å². The first kappa shape index (κ1) is 21.4. The molecule has 0 spiro atoms. The van der Waals surface area contributed by atoms with Gasteiger partial charge < -0.3 is 9.64 Å². The first-order valence-corrected chi connectivity index (χ1v) is 8.85. The Hall–Kier alpha value is -0.904. The number of carbonyl (C=O) groups excluding carboxylic acids is 2. The number of anilines is 1. The normalized spacial score (nSPS) is 16.0. The summed E-state index contributed by atoms with van der Waals surface area (Å²) in [5, 5.41) is 1.69. The number of hydrogen-bond acceptors (Lipinski definition) is 6. The number of benzene rings is 1. The zero-order valence-electron chi connectivity index (χ0n) is 13.8. The van der Waals surface area contributed by atoms with Crippen molar-refractivity contribution in [3.63, 3.8) is 0 Å². The van der Waals surface area contributed by atoms with E-state index in [4.69, 9.17) is 4.74 Å². The quantitative estimate of drug-likeness (QED) is 0.719. The minimum atomic E-state index is -0.341. The van der Waals surface area contributed by atoms with E-state index < -0.39 is 0 Å². The van der Waals surface area contributed by atoms with Gasteiger partial charge in [-0.2, -0.15) is 0 Å². The van der Waals surface area contributed by atoms with Crippen molar-refractivity contribution in [2.45, 2.75) is 11.7 Å². The van der Waals surface area contributed by atoms with Crippen LogP contribution in [0.3, 0.4) is 0 Å². The summed E-state index contributed by atoms with van der Waals surface area (Å²) in [5.74, 6) is 1.47. The Morgan fingerprint density at radius 2 is 1.96 bits per heavy atom. The standard InChI is InChI=1S/C18H19N3O3S.K.H/c1-21(16-4-2-3-9-19-16)10-11-24-14-7-5-13(6-8-14)12-15-17(22)20-18(23)25-15;;/h2-9,15H,10-12H2,1H3,(H,20,22,23);;. The third-order valence-corrected chi connectivity index (χ3v) is 4.83. The van der Waals surface area contributed by atoms with E-state index in [-0.39, 0.29) is 67.8 Å². The van der Waals surface area contributed by atoms with Gasteiger partial charge in [-0.1, -0.05) is 30.0 Å². The van der Waals surface area contributed by atoms with Crippen LogP contribution in [0.4, 0.5) is 10.6 Å².